The smallest absolute Gasteiger partial charge is 0.0155 e. The molecule has 88 valence electrons. The average molecular weight is 224 g/mol. The molecule has 1 unspecified atom stereocenters. The van der Waals surface area contributed by atoms with Crippen LogP contribution in [-0.4, -0.2) is 0 Å². The first-order chi connectivity index (χ1) is 8.00. The summed E-state index contributed by atoms with van der Waals surface area (Å²) in [7, 11) is 0. The van der Waals surface area contributed by atoms with Crippen LogP contribution in [0.2, 0.25) is 0 Å². The van der Waals surface area contributed by atoms with Gasteiger partial charge in [0.15, 0.2) is 0 Å². The Morgan fingerprint density at radius 2 is 2.00 bits per heavy atom. The lowest BCUT2D eigenvalue weighted by Gasteiger charge is -2.25. The van der Waals surface area contributed by atoms with Crippen molar-refractivity contribution in [2.75, 3.05) is 0 Å². The molecule has 0 spiro atoms. The number of fused-ring (bicyclic) bond motifs is 3. The van der Waals surface area contributed by atoms with Crippen LogP contribution in [0.15, 0.2) is 35.9 Å². The molecule has 1 aromatic carbocycles. The zero-order valence-electron chi connectivity index (χ0n) is 11.2. The van der Waals surface area contributed by atoms with Crippen molar-refractivity contribution in [2.45, 2.75) is 39.5 Å². The Morgan fingerprint density at radius 3 is 2.76 bits per heavy atom. The Hall–Kier alpha value is -1.30. The average Bonchev–Trinajstić information content (AvgIpc) is 2.49. The lowest BCUT2D eigenvalue weighted by molar-refractivity contribution is 0.633. The minimum absolute atomic E-state index is 0.182. The van der Waals surface area contributed by atoms with Crippen LogP contribution in [0.25, 0.3) is 5.57 Å². The molecule has 1 aromatic rings. The summed E-state index contributed by atoms with van der Waals surface area (Å²) >= 11 is 0. The molecule has 1 atom stereocenters. The summed E-state index contributed by atoms with van der Waals surface area (Å²) in [5.41, 5.74) is 7.54. The van der Waals surface area contributed by atoms with Gasteiger partial charge in [-0.2, -0.15) is 0 Å². The highest BCUT2D eigenvalue weighted by Gasteiger charge is 2.39. The molecular formula is C17H20. The number of rotatable bonds is 0. The van der Waals surface area contributed by atoms with Crippen LogP contribution in [-0.2, 0) is 5.41 Å². The van der Waals surface area contributed by atoms with Crippen molar-refractivity contribution in [3.05, 3.63) is 52.6 Å². The van der Waals surface area contributed by atoms with Gasteiger partial charge in [0.2, 0.25) is 0 Å². The van der Waals surface area contributed by atoms with Crippen molar-refractivity contribution in [1.29, 1.82) is 0 Å². The Morgan fingerprint density at radius 1 is 1.24 bits per heavy atom. The summed E-state index contributed by atoms with van der Waals surface area (Å²) in [5, 5.41) is 0. The van der Waals surface area contributed by atoms with Gasteiger partial charge in [0.05, 0.1) is 0 Å². The Balaban J connectivity index is 2.28. The predicted molar refractivity (Wildman–Crippen MR) is 74.0 cm³/mol. The zero-order valence-corrected chi connectivity index (χ0v) is 11.2. The zero-order chi connectivity index (χ0) is 12.2. The van der Waals surface area contributed by atoms with Gasteiger partial charge >= 0.3 is 0 Å². The molecule has 0 fully saturated rings. The molecule has 0 aliphatic heterocycles. The van der Waals surface area contributed by atoms with Gasteiger partial charge in [0.25, 0.3) is 0 Å². The van der Waals surface area contributed by atoms with Crippen LogP contribution in [0.3, 0.4) is 0 Å². The van der Waals surface area contributed by atoms with E-state index >= 15 is 0 Å². The van der Waals surface area contributed by atoms with Crippen molar-refractivity contribution in [3.8, 4) is 0 Å². The maximum atomic E-state index is 2.48. The van der Waals surface area contributed by atoms with Crippen LogP contribution in [0.1, 0.15) is 43.9 Å². The summed E-state index contributed by atoms with van der Waals surface area (Å²) in [6.45, 7) is 9.21. The largest absolute Gasteiger partial charge is 0.0767 e. The molecule has 0 heterocycles. The summed E-state index contributed by atoms with van der Waals surface area (Å²) < 4.78 is 0. The molecule has 0 heteroatoms. The third kappa shape index (κ3) is 1.43. The summed E-state index contributed by atoms with van der Waals surface area (Å²) in [5.74, 6) is 0.684. The standard InChI is InChI=1S/C17H20/c1-11-5-7-13-14-8-6-12(2)10-16(14)17(3,4)15(13)9-11/h5,7-10,12H,6H2,1-4H3. The Kier molecular flexibility index (Phi) is 2.13. The molecule has 0 amide bonds. The predicted octanol–water partition coefficient (Wildman–Crippen LogP) is 4.64. The number of benzene rings is 1. The molecule has 0 nitrogen and oxygen atoms in total. The third-order valence-electron chi connectivity index (χ3n) is 4.25. The molecule has 0 bridgehead atoms. The second-order valence-corrected chi connectivity index (χ2v) is 6.09. The summed E-state index contributed by atoms with van der Waals surface area (Å²) in [6, 6.07) is 6.89. The van der Waals surface area contributed by atoms with Gasteiger partial charge in [-0.3, -0.25) is 0 Å². The monoisotopic (exact) mass is 224 g/mol. The molecule has 0 radical (unpaired) electrons. The number of allylic oxidation sites excluding steroid dienone is 4. The van der Waals surface area contributed by atoms with Crippen molar-refractivity contribution in [1.82, 2.24) is 0 Å². The highest BCUT2D eigenvalue weighted by molar-refractivity contribution is 5.90. The molecule has 17 heavy (non-hydrogen) atoms. The first kappa shape index (κ1) is 10.8. The maximum absolute atomic E-state index is 2.48. The number of aryl methyl sites for hydroxylation is 1. The molecular weight excluding hydrogens is 204 g/mol. The topological polar surface area (TPSA) is 0 Å². The van der Waals surface area contributed by atoms with Gasteiger partial charge in [-0.05, 0) is 41.5 Å². The Bertz CT molecular complexity index is 541. The second kappa shape index (κ2) is 3.35. The third-order valence-corrected chi connectivity index (χ3v) is 4.25. The maximum Gasteiger partial charge on any atom is 0.0155 e. The quantitative estimate of drug-likeness (QED) is 0.602. The van der Waals surface area contributed by atoms with E-state index in [0.29, 0.717) is 5.92 Å². The minimum Gasteiger partial charge on any atom is -0.0767 e. The van der Waals surface area contributed by atoms with Crippen LogP contribution in [0.5, 0.6) is 0 Å². The van der Waals surface area contributed by atoms with Crippen LogP contribution in [0.4, 0.5) is 0 Å². The first-order valence-corrected chi connectivity index (χ1v) is 6.54. The first-order valence-electron chi connectivity index (χ1n) is 6.54. The van der Waals surface area contributed by atoms with E-state index < -0.39 is 0 Å². The Labute approximate surface area is 104 Å². The van der Waals surface area contributed by atoms with Gasteiger partial charge in [0.1, 0.15) is 0 Å². The fourth-order valence-electron chi connectivity index (χ4n) is 3.21. The van der Waals surface area contributed by atoms with E-state index in [2.05, 4.69) is 58.0 Å². The van der Waals surface area contributed by atoms with E-state index in [1.54, 1.807) is 0 Å². The van der Waals surface area contributed by atoms with E-state index in [4.69, 9.17) is 0 Å². The van der Waals surface area contributed by atoms with E-state index in [1.165, 1.54) is 34.3 Å². The van der Waals surface area contributed by atoms with Crippen LogP contribution < -0.4 is 0 Å². The molecule has 2 aliphatic rings. The van der Waals surface area contributed by atoms with Gasteiger partial charge in [-0.15, -0.1) is 0 Å². The van der Waals surface area contributed by atoms with Crippen molar-refractivity contribution < 1.29 is 0 Å². The lowest BCUT2D eigenvalue weighted by atomic mass is 9.78. The van der Waals surface area contributed by atoms with Crippen molar-refractivity contribution >= 4 is 5.57 Å². The highest BCUT2D eigenvalue weighted by atomic mass is 14.4. The van der Waals surface area contributed by atoms with E-state index in [-0.39, 0.29) is 5.41 Å². The number of hydrogen-bond acceptors (Lipinski definition) is 0. The van der Waals surface area contributed by atoms with Gasteiger partial charge in [0, 0.05) is 5.41 Å². The molecule has 0 N–H and O–H groups in total. The molecule has 2 aliphatic carbocycles. The highest BCUT2D eigenvalue weighted by Crippen LogP contribution is 2.51. The molecule has 3 rings (SSSR count). The summed E-state index contributed by atoms with van der Waals surface area (Å²) in [6.07, 6.45) is 6.09. The lowest BCUT2D eigenvalue weighted by Crippen LogP contribution is -2.17. The fraction of sp³-hybridized carbons (Fsp3) is 0.412. The molecule has 0 saturated carbocycles. The van der Waals surface area contributed by atoms with Crippen molar-refractivity contribution in [3.63, 3.8) is 0 Å². The normalized spacial score (nSPS) is 24.8. The van der Waals surface area contributed by atoms with E-state index in [9.17, 15) is 0 Å². The van der Waals surface area contributed by atoms with Gasteiger partial charge < -0.3 is 0 Å². The SMILES string of the molecule is Cc1ccc2c(c1)C(C)(C)C1=CC(C)CC=C12. The van der Waals surface area contributed by atoms with Crippen molar-refractivity contribution in [2.24, 2.45) is 5.92 Å². The molecule has 0 saturated heterocycles. The summed E-state index contributed by atoms with van der Waals surface area (Å²) in [4.78, 5) is 0. The molecule has 0 aromatic heterocycles. The van der Waals surface area contributed by atoms with E-state index in [1.807, 2.05) is 0 Å². The second-order valence-electron chi connectivity index (χ2n) is 6.09. The van der Waals surface area contributed by atoms with Crippen LogP contribution in [0, 0.1) is 12.8 Å². The fourth-order valence-corrected chi connectivity index (χ4v) is 3.21. The van der Waals surface area contributed by atoms with Gasteiger partial charge in [-0.25, -0.2) is 0 Å². The minimum atomic E-state index is 0.182. The van der Waals surface area contributed by atoms with Crippen LogP contribution >= 0.6 is 0 Å². The van der Waals surface area contributed by atoms with Gasteiger partial charge in [-0.1, -0.05) is 56.7 Å². The van der Waals surface area contributed by atoms with E-state index in [0.717, 1.165) is 0 Å². The number of hydrogen-bond donors (Lipinski definition) is 0.